The number of nitrogens with zero attached hydrogens (tertiary/aromatic N) is 4. The second-order valence-electron chi connectivity index (χ2n) is 7.90. The molecule has 0 spiro atoms. The molecule has 1 aliphatic rings. The van der Waals surface area contributed by atoms with E-state index >= 15 is 0 Å². The summed E-state index contributed by atoms with van der Waals surface area (Å²) in [7, 11) is 0. The van der Waals surface area contributed by atoms with Gasteiger partial charge in [0.1, 0.15) is 6.61 Å². The van der Waals surface area contributed by atoms with Gasteiger partial charge < -0.3 is 9.64 Å². The van der Waals surface area contributed by atoms with E-state index in [-0.39, 0.29) is 12.5 Å². The third-order valence-electron chi connectivity index (χ3n) is 5.31. The number of hydrogen-bond donors (Lipinski definition) is 0. The van der Waals surface area contributed by atoms with Gasteiger partial charge in [0, 0.05) is 51.7 Å². The van der Waals surface area contributed by atoms with E-state index in [2.05, 4.69) is 39.7 Å². The number of amides is 1. The maximum Gasteiger partial charge on any atom is 0.411 e. The molecule has 10 heteroatoms. The fraction of sp³-hybridized carbons (Fsp3) is 0.545. The highest BCUT2D eigenvalue weighted by atomic mass is 32.2. The maximum atomic E-state index is 12.7. The van der Waals surface area contributed by atoms with Crippen molar-refractivity contribution in [3.05, 3.63) is 41.7 Å². The first-order valence-corrected chi connectivity index (χ1v) is 11.6. The van der Waals surface area contributed by atoms with E-state index in [1.807, 2.05) is 22.6 Å². The lowest BCUT2D eigenvalue weighted by atomic mass is 10.1. The number of carbonyl (C=O) groups is 1. The van der Waals surface area contributed by atoms with Crippen LogP contribution in [0.25, 0.3) is 5.69 Å². The third-order valence-corrected chi connectivity index (χ3v) is 6.26. The van der Waals surface area contributed by atoms with E-state index in [0.29, 0.717) is 44.9 Å². The van der Waals surface area contributed by atoms with Crippen molar-refractivity contribution < 1.29 is 22.7 Å². The SMILES string of the molecule is Cc1ccc(C)c(-n2ccnc2SCC(=O)N2CCN(CCCOCC(F)(F)F)CC2)c1. The largest absolute Gasteiger partial charge is 0.411 e. The van der Waals surface area contributed by atoms with Crippen molar-refractivity contribution in [3.8, 4) is 5.69 Å². The molecule has 1 aliphatic heterocycles. The normalized spacial score (nSPS) is 15.3. The molecule has 0 bridgehead atoms. The van der Waals surface area contributed by atoms with E-state index in [4.69, 9.17) is 0 Å². The van der Waals surface area contributed by atoms with Gasteiger partial charge in [-0.05, 0) is 37.5 Å². The first-order chi connectivity index (χ1) is 15.2. The van der Waals surface area contributed by atoms with Crippen molar-refractivity contribution >= 4 is 17.7 Å². The van der Waals surface area contributed by atoms with E-state index in [0.717, 1.165) is 22.0 Å². The van der Waals surface area contributed by atoms with Crippen LogP contribution in [0.3, 0.4) is 0 Å². The van der Waals surface area contributed by atoms with Crippen LogP contribution in [-0.4, -0.2) is 83.1 Å². The van der Waals surface area contributed by atoms with Gasteiger partial charge >= 0.3 is 6.18 Å². The first kappa shape index (κ1) is 24.6. The zero-order chi connectivity index (χ0) is 23.1. The number of thioether (sulfide) groups is 1. The summed E-state index contributed by atoms with van der Waals surface area (Å²) in [6.07, 6.45) is -0.0848. The topological polar surface area (TPSA) is 50.6 Å². The van der Waals surface area contributed by atoms with Crippen molar-refractivity contribution in [2.75, 3.05) is 51.7 Å². The van der Waals surface area contributed by atoms with E-state index in [1.54, 1.807) is 6.20 Å². The zero-order valence-electron chi connectivity index (χ0n) is 18.4. The molecule has 6 nitrogen and oxygen atoms in total. The van der Waals surface area contributed by atoms with E-state index in [1.165, 1.54) is 11.8 Å². The molecule has 2 heterocycles. The van der Waals surface area contributed by atoms with Crippen molar-refractivity contribution in [2.24, 2.45) is 0 Å². The van der Waals surface area contributed by atoms with Gasteiger partial charge in [0.15, 0.2) is 5.16 Å². The lowest BCUT2D eigenvalue weighted by Crippen LogP contribution is -2.49. The molecule has 0 unspecified atom stereocenters. The van der Waals surface area contributed by atoms with Crippen LogP contribution in [0, 0.1) is 13.8 Å². The molecule has 0 aliphatic carbocycles. The number of rotatable bonds is 9. The van der Waals surface area contributed by atoms with Crippen LogP contribution in [0.5, 0.6) is 0 Å². The summed E-state index contributed by atoms with van der Waals surface area (Å²) in [5.74, 6) is 0.381. The molecule has 32 heavy (non-hydrogen) atoms. The quantitative estimate of drug-likeness (QED) is 0.413. The minimum atomic E-state index is -4.28. The average molecular weight is 471 g/mol. The smallest absolute Gasteiger partial charge is 0.372 e. The Morgan fingerprint density at radius 2 is 1.94 bits per heavy atom. The highest BCUT2D eigenvalue weighted by Gasteiger charge is 2.27. The molecule has 1 aromatic carbocycles. The number of hydrogen-bond acceptors (Lipinski definition) is 5. The van der Waals surface area contributed by atoms with Gasteiger partial charge in [0.2, 0.25) is 5.91 Å². The Kier molecular flexibility index (Phi) is 8.61. The molecule has 1 amide bonds. The molecule has 2 aromatic rings. The second kappa shape index (κ2) is 11.2. The molecule has 1 saturated heterocycles. The molecule has 0 radical (unpaired) electrons. The van der Waals surface area contributed by atoms with Gasteiger partial charge in [-0.2, -0.15) is 13.2 Å². The predicted octanol–water partition coefficient (Wildman–Crippen LogP) is 3.69. The van der Waals surface area contributed by atoms with Crippen LogP contribution in [0.1, 0.15) is 17.5 Å². The van der Waals surface area contributed by atoms with Crippen molar-refractivity contribution in [3.63, 3.8) is 0 Å². The summed E-state index contributed by atoms with van der Waals surface area (Å²) in [5.41, 5.74) is 3.36. The summed E-state index contributed by atoms with van der Waals surface area (Å²) < 4.78 is 42.9. The van der Waals surface area contributed by atoms with Gasteiger partial charge in [-0.1, -0.05) is 23.9 Å². The Bertz CT molecular complexity index is 896. The van der Waals surface area contributed by atoms with Crippen LogP contribution in [-0.2, 0) is 9.53 Å². The molecule has 1 aromatic heterocycles. The molecule has 1 fully saturated rings. The minimum absolute atomic E-state index is 0.0682. The number of carbonyl (C=O) groups excluding carboxylic acids is 1. The molecule has 0 saturated carbocycles. The van der Waals surface area contributed by atoms with Crippen LogP contribution in [0.4, 0.5) is 13.2 Å². The number of benzene rings is 1. The Morgan fingerprint density at radius 1 is 1.19 bits per heavy atom. The number of piperazine rings is 1. The number of alkyl halides is 3. The lowest BCUT2D eigenvalue weighted by molar-refractivity contribution is -0.174. The Morgan fingerprint density at radius 3 is 2.66 bits per heavy atom. The number of aromatic nitrogens is 2. The summed E-state index contributed by atoms with van der Waals surface area (Å²) >= 11 is 1.43. The van der Waals surface area contributed by atoms with E-state index < -0.39 is 12.8 Å². The van der Waals surface area contributed by atoms with Crippen molar-refractivity contribution in [1.29, 1.82) is 0 Å². The highest BCUT2D eigenvalue weighted by Crippen LogP contribution is 2.24. The fourth-order valence-corrected chi connectivity index (χ4v) is 4.44. The van der Waals surface area contributed by atoms with E-state index in [9.17, 15) is 18.0 Å². The monoisotopic (exact) mass is 470 g/mol. The van der Waals surface area contributed by atoms with Crippen molar-refractivity contribution in [2.45, 2.75) is 31.6 Å². The van der Waals surface area contributed by atoms with Crippen LogP contribution >= 0.6 is 11.8 Å². The summed E-state index contributed by atoms with van der Waals surface area (Å²) in [6, 6.07) is 6.25. The lowest BCUT2D eigenvalue weighted by Gasteiger charge is -2.34. The second-order valence-corrected chi connectivity index (χ2v) is 8.84. The third kappa shape index (κ3) is 7.25. The van der Waals surface area contributed by atoms with Crippen molar-refractivity contribution in [1.82, 2.24) is 19.4 Å². The first-order valence-electron chi connectivity index (χ1n) is 10.6. The predicted molar refractivity (Wildman–Crippen MR) is 118 cm³/mol. The zero-order valence-corrected chi connectivity index (χ0v) is 19.2. The van der Waals surface area contributed by atoms with Gasteiger partial charge in [-0.3, -0.25) is 14.3 Å². The van der Waals surface area contributed by atoms with Gasteiger partial charge in [-0.25, -0.2) is 4.98 Å². The summed E-state index contributed by atoms with van der Waals surface area (Å²) in [6.45, 7) is 6.32. The highest BCUT2D eigenvalue weighted by molar-refractivity contribution is 7.99. The van der Waals surface area contributed by atoms with Gasteiger partial charge in [0.05, 0.1) is 11.4 Å². The Hall–Kier alpha value is -2.04. The molecule has 176 valence electrons. The molecular weight excluding hydrogens is 441 g/mol. The van der Waals surface area contributed by atoms with Crippen LogP contribution < -0.4 is 0 Å². The van der Waals surface area contributed by atoms with Gasteiger partial charge in [-0.15, -0.1) is 0 Å². The molecule has 0 N–H and O–H groups in total. The number of imidazole rings is 1. The Labute approximate surface area is 190 Å². The Balaban J connectivity index is 1.41. The van der Waals surface area contributed by atoms with Crippen LogP contribution in [0.15, 0.2) is 35.7 Å². The summed E-state index contributed by atoms with van der Waals surface area (Å²) in [5, 5.41) is 0.782. The number of aryl methyl sites for hydroxylation is 2. The standard InChI is InChI=1S/C22H29F3N4O2S/c1-17-4-5-18(2)19(14-17)29-8-6-26-21(29)32-15-20(30)28-11-9-27(10-12-28)7-3-13-31-16-22(23,24)25/h4-6,8,14H,3,7,9-13,15-16H2,1-2H3. The molecule has 0 atom stereocenters. The summed E-state index contributed by atoms with van der Waals surface area (Å²) in [4.78, 5) is 21.1. The van der Waals surface area contributed by atoms with Gasteiger partial charge in [0.25, 0.3) is 0 Å². The fourth-order valence-electron chi connectivity index (χ4n) is 3.58. The number of halogens is 3. The molecule has 3 rings (SSSR count). The average Bonchev–Trinajstić information content (AvgIpc) is 3.21. The number of ether oxygens (including phenoxy) is 1. The van der Waals surface area contributed by atoms with Crippen LogP contribution in [0.2, 0.25) is 0 Å². The minimum Gasteiger partial charge on any atom is -0.372 e. The molecular formula is C22H29F3N4O2S. The maximum absolute atomic E-state index is 12.7.